The van der Waals surface area contributed by atoms with Gasteiger partial charge >= 0.3 is 5.63 Å². The summed E-state index contributed by atoms with van der Waals surface area (Å²) in [6, 6.07) is 14.9. The number of rotatable bonds is 3. The molecule has 2 heterocycles. The summed E-state index contributed by atoms with van der Waals surface area (Å²) in [6.07, 6.45) is 0. The van der Waals surface area contributed by atoms with E-state index in [-0.39, 0.29) is 11.3 Å². The smallest absolute Gasteiger partial charge is 0.336 e. The molecular weight excluding hydrogens is 332 g/mol. The van der Waals surface area contributed by atoms with Crippen LogP contribution in [-0.2, 0) is 6.54 Å². The molecule has 6 heteroatoms. The van der Waals surface area contributed by atoms with Crippen molar-refractivity contribution in [1.82, 2.24) is 4.90 Å². The maximum atomic E-state index is 11.9. The average Bonchev–Trinajstić information content (AvgIpc) is 2.66. The minimum atomic E-state index is -0.531. The van der Waals surface area contributed by atoms with E-state index in [4.69, 9.17) is 4.42 Å². The first-order valence-corrected chi connectivity index (χ1v) is 8.62. The van der Waals surface area contributed by atoms with Crippen LogP contribution in [0, 0.1) is 0 Å². The van der Waals surface area contributed by atoms with Crippen LogP contribution in [-0.4, -0.2) is 41.3 Å². The van der Waals surface area contributed by atoms with Gasteiger partial charge in [0.1, 0.15) is 0 Å². The fourth-order valence-corrected chi connectivity index (χ4v) is 3.44. The number of benzene rings is 2. The van der Waals surface area contributed by atoms with Gasteiger partial charge < -0.3 is 19.5 Å². The zero-order valence-corrected chi connectivity index (χ0v) is 14.3. The third-order valence-corrected chi connectivity index (χ3v) is 4.84. The summed E-state index contributed by atoms with van der Waals surface area (Å²) in [5, 5.41) is 20.2. The molecule has 0 radical (unpaired) electrons. The Bertz CT molecular complexity index is 976. The third kappa shape index (κ3) is 3.11. The number of phenols is 2. The van der Waals surface area contributed by atoms with Crippen LogP contribution in [0.3, 0.4) is 0 Å². The van der Waals surface area contributed by atoms with Crippen LogP contribution in [0.4, 0.5) is 5.69 Å². The summed E-state index contributed by atoms with van der Waals surface area (Å²) in [4.78, 5) is 16.5. The number of aromatic hydroxyl groups is 2. The monoisotopic (exact) mass is 352 g/mol. The molecule has 1 saturated heterocycles. The Hall–Kier alpha value is -2.99. The van der Waals surface area contributed by atoms with Gasteiger partial charge in [0.25, 0.3) is 0 Å². The van der Waals surface area contributed by atoms with Crippen molar-refractivity contribution in [3.63, 3.8) is 0 Å². The number of para-hydroxylation sites is 1. The van der Waals surface area contributed by atoms with Gasteiger partial charge in [0, 0.05) is 49.9 Å². The SMILES string of the molecule is O=c1cc(CN2CCN(c3ccccc3)CC2)c2ccc(O)c(O)c2o1. The van der Waals surface area contributed by atoms with Crippen molar-refractivity contribution in [2.45, 2.75) is 6.54 Å². The average molecular weight is 352 g/mol. The summed E-state index contributed by atoms with van der Waals surface area (Å²) in [6.45, 7) is 4.17. The van der Waals surface area contributed by atoms with Gasteiger partial charge in [-0.25, -0.2) is 4.79 Å². The molecule has 0 atom stereocenters. The molecule has 6 nitrogen and oxygen atoms in total. The molecule has 2 aromatic carbocycles. The molecule has 3 aromatic rings. The summed E-state index contributed by atoms with van der Waals surface area (Å²) >= 11 is 0. The highest BCUT2D eigenvalue weighted by Crippen LogP contribution is 2.34. The van der Waals surface area contributed by atoms with Crippen LogP contribution < -0.4 is 10.5 Å². The van der Waals surface area contributed by atoms with E-state index < -0.39 is 11.4 Å². The Balaban J connectivity index is 1.54. The zero-order chi connectivity index (χ0) is 18.1. The summed E-state index contributed by atoms with van der Waals surface area (Å²) < 4.78 is 5.09. The third-order valence-electron chi connectivity index (χ3n) is 4.84. The lowest BCUT2D eigenvalue weighted by molar-refractivity contribution is 0.250. The fraction of sp³-hybridized carbons (Fsp3) is 0.250. The van der Waals surface area contributed by atoms with Crippen molar-refractivity contribution in [3.05, 3.63) is 64.5 Å². The van der Waals surface area contributed by atoms with Crippen molar-refractivity contribution in [1.29, 1.82) is 0 Å². The lowest BCUT2D eigenvalue weighted by Crippen LogP contribution is -2.46. The van der Waals surface area contributed by atoms with E-state index in [1.54, 1.807) is 6.07 Å². The van der Waals surface area contributed by atoms with Crippen molar-refractivity contribution in [2.24, 2.45) is 0 Å². The summed E-state index contributed by atoms with van der Waals surface area (Å²) in [5.41, 5.74) is 1.52. The van der Waals surface area contributed by atoms with Crippen LogP contribution >= 0.6 is 0 Å². The Morgan fingerprint density at radius 3 is 2.42 bits per heavy atom. The standard InChI is InChI=1S/C20H20N2O4/c23-17-7-6-16-14(12-18(24)26-20(16)19(17)25)13-21-8-10-22(11-9-21)15-4-2-1-3-5-15/h1-7,12,23,25H,8-11,13H2. The van der Waals surface area contributed by atoms with Gasteiger partial charge in [-0.1, -0.05) is 18.2 Å². The maximum absolute atomic E-state index is 11.9. The van der Waals surface area contributed by atoms with Gasteiger partial charge in [-0.3, -0.25) is 4.90 Å². The first-order valence-electron chi connectivity index (χ1n) is 8.62. The van der Waals surface area contributed by atoms with E-state index in [1.807, 2.05) is 18.2 Å². The van der Waals surface area contributed by atoms with Crippen LogP contribution in [0.2, 0.25) is 0 Å². The van der Waals surface area contributed by atoms with Gasteiger partial charge in [-0.05, 0) is 29.8 Å². The molecule has 0 amide bonds. The van der Waals surface area contributed by atoms with Gasteiger partial charge in [0.2, 0.25) is 5.75 Å². The molecule has 2 N–H and O–H groups in total. The van der Waals surface area contributed by atoms with Gasteiger partial charge in [0.05, 0.1) is 0 Å². The van der Waals surface area contributed by atoms with Crippen molar-refractivity contribution in [3.8, 4) is 11.5 Å². The second kappa shape index (κ2) is 6.72. The summed E-state index contributed by atoms with van der Waals surface area (Å²) in [7, 11) is 0. The zero-order valence-electron chi connectivity index (χ0n) is 14.3. The molecule has 1 fully saturated rings. The van der Waals surface area contributed by atoms with Crippen molar-refractivity contribution < 1.29 is 14.6 Å². The molecule has 1 aliphatic heterocycles. The highest BCUT2D eigenvalue weighted by atomic mass is 16.4. The Kier molecular flexibility index (Phi) is 4.26. The van der Waals surface area contributed by atoms with Crippen molar-refractivity contribution >= 4 is 16.7 Å². The maximum Gasteiger partial charge on any atom is 0.336 e. The van der Waals surface area contributed by atoms with Gasteiger partial charge in [0.15, 0.2) is 11.3 Å². The first kappa shape index (κ1) is 16.5. The highest BCUT2D eigenvalue weighted by Gasteiger charge is 2.19. The quantitative estimate of drug-likeness (QED) is 0.557. The first-order chi connectivity index (χ1) is 12.6. The fourth-order valence-electron chi connectivity index (χ4n) is 3.44. The van der Waals surface area contributed by atoms with Gasteiger partial charge in [-0.15, -0.1) is 0 Å². The van der Waals surface area contributed by atoms with Crippen LogP contribution in [0.15, 0.2) is 57.7 Å². The normalized spacial score (nSPS) is 15.5. The van der Waals surface area contributed by atoms with E-state index in [9.17, 15) is 15.0 Å². The molecule has 4 rings (SSSR count). The molecule has 134 valence electrons. The van der Waals surface area contributed by atoms with Crippen LogP contribution in [0.25, 0.3) is 11.0 Å². The molecule has 1 aliphatic rings. The molecular formula is C20H20N2O4. The second-order valence-corrected chi connectivity index (χ2v) is 6.50. The van der Waals surface area contributed by atoms with Crippen LogP contribution in [0.1, 0.15) is 5.56 Å². The minimum absolute atomic E-state index is 0.0374. The number of nitrogens with zero attached hydrogens (tertiary/aromatic N) is 2. The second-order valence-electron chi connectivity index (χ2n) is 6.50. The van der Waals surface area contributed by atoms with Gasteiger partial charge in [-0.2, -0.15) is 0 Å². The molecule has 1 aromatic heterocycles. The van der Waals surface area contributed by atoms with E-state index in [1.165, 1.54) is 17.8 Å². The predicted molar refractivity (Wildman–Crippen MR) is 99.7 cm³/mol. The Labute approximate surface area is 150 Å². The van der Waals surface area contributed by atoms with E-state index in [0.717, 1.165) is 31.7 Å². The number of anilines is 1. The molecule has 26 heavy (non-hydrogen) atoms. The number of piperazine rings is 1. The number of phenolic OH excluding ortho intramolecular Hbond substituents is 2. The lowest BCUT2D eigenvalue weighted by Gasteiger charge is -2.36. The summed E-state index contributed by atoms with van der Waals surface area (Å²) in [5.74, 6) is -0.690. The van der Waals surface area contributed by atoms with Crippen molar-refractivity contribution in [2.75, 3.05) is 31.1 Å². The van der Waals surface area contributed by atoms with Crippen LogP contribution in [0.5, 0.6) is 11.5 Å². The van der Waals surface area contributed by atoms with E-state index in [2.05, 4.69) is 21.9 Å². The topological polar surface area (TPSA) is 77.2 Å². The molecule has 0 spiro atoms. The predicted octanol–water partition coefficient (Wildman–Crippen LogP) is 2.53. The molecule has 0 unspecified atom stereocenters. The lowest BCUT2D eigenvalue weighted by atomic mass is 10.1. The minimum Gasteiger partial charge on any atom is -0.504 e. The van der Waals surface area contributed by atoms with E-state index >= 15 is 0 Å². The Morgan fingerprint density at radius 2 is 1.69 bits per heavy atom. The number of hydrogen-bond donors (Lipinski definition) is 2. The largest absolute Gasteiger partial charge is 0.504 e. The molecule has 0 aliphatic carbocycles. The molecule has 0 bridgehead atoms. The highest BCUT2D eigenvalue weighted by molar-refractivity contribution is 5.87. The number of fused-ring (bicyclic) bond motifs is 1. The number of hydrogen-bond acceptors (Lipinski definition) is 6. The molecule has 0 saturated carbocycles. The Morgan fingerprint density at radius 1 is 0.962 bits per heavy atom. The van der Waals surface area contributed by atoms with E-state index in [0.29, 0.717) is 11.9 Å².